The van der Waals surface area contributed by atoms with Gasteiger partial charge in [0, 0.05) is 28.9 Å². The summed E-state index contributed by atoms with van der Waals surface area (Å²) in [5.74, 6) is 0.275. The summed E-state index contributed by atoms with van der Waals surface area (Å²) in [6.07, 6.45) is 2.27. The molecule has 0 saturated heterocycles. The molecule has 5 nitrogen and oxygen atoms in total. The van der Waals surface area contributed by atoms with Crippen LogP contribution in [0.5, 0.6) is 0 Å². The molecule has 3 aromatic rings. The fraction of sp³-hybridized carbons (Fsp3) is 0.333. The van der Waals surface area contributed by atoms with Gasteiger partial charge in [0.05, 0.1) is 21.2 Å². The van der Waals surface area contributed by atoms with Crippen LogP contribution in [0.1, 0.15) is 15.6 Å². The van der Waals surface area contributed by atoms with Crippen LogP contribution in [0.2, 0.25) is 5.02 Å². The zero-order chi connectivity index (χ0) is 17.1. The minimum Gasteiger partial charge on any atom is -0.355 e. The Balaban J connectivity index is 1.55. The standard InChI is InChI=1S/C15H15ClN4OS3/c1-8-5-22-11(20-8)3-4-17-10(21)6-23-14-12-13(16)9(2)24-15(12)19-7-18-14/h5,7H,3-4,6H2,1-2H3,(H,17,21). The van der Waals surface area contributed by atoms with E-state index in [4.69, 9.17) is 11.6 Å². The normalized spacial score (nSPS) is 11.1. The van der Waals surface area contributed by atoms with E-state index >= 15 is 0 Å². The van der Waals surface area contributed by atoms with E-state index in [2.05, 4.69) is 20.3 Å². The Morgan fingerprint density at radius 3 is 2.96 bits per heavy atom. The van der Waals surface area contributed by atoms with Gasteiger partial charge in [-0.05, 0) is 13.8 Å². The summed E-state index contributed by atoms with van der Waals surface area (Å²) >= 11 is 10.9. The Hall–Kier alpha value is -1.22. The van der Waals surface area contributed by atoms with Gasteiger partial charge in [-0.1, -0.05) is 23.4 Å². The van der Waals surface area contributed by atoms with Gasteiger partial charge in [-0.3, -0.25) is 4.79 Å². The smallest absolute Gasteiger partial charge is 0.230 e. The fourth-order valence-electron chi connectivity index (χ4n) is 2.11. The van der Waals surface area contributed by atoms with Gasteiger partial charge in [0.2, 0.25) is 5.91 Å². The summed E-state index contributed by atoms with van der Waals surface area (Å²) in [6.45, 7) is 4.51. The van der Waals surface area contributed by atoms with Crippen LogP contribution in [0.3, 0.4) is 0 Å². The van der Waals surface area contributed by atoms with E-state index in [0.717, 1.165) is 37.2 Å². The van der Waals surface area contributed by atoms with Crippen molar-refractivity contribution in [1.29, 1.82) is 0 Å². The number of nitrogens with one attached hydrogen (secondary N) is 1. The summed E-state index contributed by atoms with van der Waals surface area (Å²) < 4.78 is 0. The first-order chi connectivity index (χ1) is 11.5. The lowest BCUT2D eigenvalue weighted by Gasteiger charge is -2.04. The van der Waals surface area contributed by atoms with E-state index in [0.29, 0.717) is 17.3 Å². The molecule has 1 amide bonds. The maximum absolute atomic E-state index is 12.0. The maximum atomic E-state index is 12.0. The first kappa shape index (κ1) is 17.6. The molecule has 0 bridgehead atoms. The van der Waals surface area contributed by atoms with Crippen LogP contribution in [0.15, 0.2) is 16.7 Å². The quantitative estimate of drug-likeness (QED) is 0.504. The molecule has 3 rings (SSSR count). The second-order valence-corrected chi connectivity index (χ2v) is 8.59. The summed E-state index contributed by atoms with van der Waals surface area (Å²) in [5.41, 5.74) is 1.02. The lowest BCUT2D eigenvalue weighted by Crippen LogP contribution is -2.27. The van der Waals surface area contributed by atoms with Gasteiger partial charge in [-0.15, -0.1) is 22.7 Å². The molecule has 3 aromatic heterocycles. The Morgan fingerprint density at radius 2 is 2.21 bits per heavy atom. The van der Waals surface area contributed by atoms with E-state index in [1.165, 1.54) is 29.4 Å². The number of aromatic nitrogens is 3. The topological polar surface area (TPSA) is 67.8 Å². The van der Waals surface area contributed by atoms with Crippen LogP contribution < -0.4 is 5.32 Å². The molecule has 9 heteroatoms. The van der Waals surface area contributed by atoms with Gasteiger partial charge in [0.25, 0.3) is 0 Å². The average molecular weight is 399 g/mol. The number of hydrogen-bond donors (Lipinski definition) is 1. The number of carbonyl (C=O) groups excluding carboxylic acids is 1. The number of amides is 1. The van der Waals surface area contributed by atoms with E-state index in [9.17, 15) is 4.79 Å². The predicted molar refractivity (Wildman–Crippen MR) is 101 cm³/mol. The van der Waals surface area contributed by atoms with Gasteiger partial charge in [0.15, 0.2) is 0 Å². The molecule has 0 atom stereocenters. The number of thiophene rings is 1. The first-order valence-electron chi connectivity index (χ1n) is 7.24. The summed E-state index contributed by atoms with van der Waals surface area (Å²) in [5, 5.41) is 8.24. The third-order valence-electron chi connectivity index (χ3n) is 3.22. The number of thioether (sulfide) groups is 1. The summed E-state index contributed by atoms with van der Waals surface area (Å²) in [7, 11) is 0. The lowest BCUT2D eigenvalue weighted by molar-refractivity contribution is -0.118. The van der Waals surface area contributed by atoms with Gasteiger partial charge in [-0.25, -0.2) is 15.0 Å². The lowest BCUT2D eigenvalue weighted by atomic mass is 10.4. The van der Waals surface area contributed by atoms with E-state index < -0.39 is 0 Å². The van der Waals surface area contributed by atoms with E-state index in [-0.39, 0.29) is 5.91 Å². The van der Waals surface area contributed by atoms with Crippen molar-refractivity contribution in [3.8, 4) is 0 Å². The maximum Gasteiger partial charge on any atom is 0.230 e. The highest BCUT2D eigenvalue weighted by Crippen LogP contribution is 2.38. The number of aryl methyl sites for hydroxylation is 2. The van der Waals surface area contributed by atoms with Crippen molar-refractivity contribution in [1.82, 2.24) is 20.3 Å². The second kappa shape index (κ2) is 7.77. The van der Waals surface area contributed by atoms with Gasteiger partial charge in [-0.2, -0.15) is 0 Å². The third kappa shape index (κ3) is 4.05. The summed E-state index contributed by atoms with van der Waals surface area (Å²) in [4.78, 5) is 26.8. The molecule has 0 aliphatic rings. The Bertz CT molecular complexity index is 877. The SMILES string of the molecule is Cc1csc(CCNC(=O)CSc2ncnc3sc(C)c(Cl)c23)n1. The van der Waals surface area contributed by atoms with Crippen LogP contribution in [-0.4, -0.2) is 33.2 Å². The second-order valence-electron chi connectivity index (χ2n) is 5.10. The molecular formula is C15H15ClN4OS3. The first-order valence-corrected chi connectivity index (χ1v) is 10.3. The van der Waals surface area contributed by atoms with Crippen molar-refractivity contribution in [3.63, 3.8) is 0 Å². The van der Waals surface area contributed by atoms with Crippen LogP contribution in [0, 0.1) is 13.8 Å². The van der Waals surface area contributed by atoms with Gasteiger partial charge >= 0.3 is 0 Å². The number of hydrogen-bond acceptors (Lipinski definition) is 7. The predicted octanol–water partition coefficient (Wildman–Crippen LogP) is 3.87. The number of thiazole rings is 1. The minimum atomic E-state index is -0.0249. The third-order valence-corrected chi connectivity index (χ3v) is 6.84. The monoisotopic (exact) mass is 398 g/mol. The molecule has 1 N–H and O–H groups in total. The van der Waals surface area contributed by atoms with Crippen LogP contribution in [0.25, 0.3) is 10.2 Å². The van der Waals surface area contributed by atoms with Gasteiger partial charge in [0.1, 0.15) is 16.2 Å². The molecule has 0 aliphatic heterocycles. The number of nitrogens with zero attached hydrogens (tertiary/aromatic N) is 3. The zero-order valence-electron chi connectivity index (χ0n) is 13.1. The highest BCUT2D eigenvalue weighted by atomic mass is 35.5. The van der Waals surface area contributed by atoms with Crippen molar-refractivity contribution in [2.24, 2.45) is 0 Å². The molecule has 0 aliphatic carbocycles. The highest BCUT2D eigenvalue weighted by Gasteiger charge is 2.15. The molecule has 0 fully saturated rings. The number of rotatable bonds is 6. The number of halogens is 1. The molecule has 24 heavy (non-hydrogen) atoms. The minimum absolute atomic E-state index is 0.0249. The molecule has 126 valence electrons. The average Bonchev–Trinajstić information content (AvgIpc) is 3.09. The molecule has 0 aromatic carbocycles. The fourth-order valence-corrected chi connectivity index (χ4v) is 5.07. The van der Waals surface area contributed by atoms with Crippen molar-refractivity contribution in [2.45, 2.75) is 25.3 Å². The molecule has 0 spiro atoms. The molecule has 0 radical (unpaired) electrons. The van der Waals surface area contributed by atoms with Crippen LogP contribution in [0.4, 0.5) is 0 Å². The molecular weight excluding hydrogens is 384 g/mol. The van der Waals surface area contributed by atoms with Crippen molar-refractivity contribution < 1.29 is 4.79 Å². The van der Waals surface area contributed by atoms with Crippen molar-refractivity contribution in [3.05, 3.63) is 32.3 Å². The van der Waals surface area contributed by atoms with Crippen molar-refractivity contribution in [2.75, 3.05) is 12.3 Å². The van der Waals surface area contributed by atoms with Crippen LogP contribution >= 0.6 is 46.0 Å². The Morgan fingerprint density at radius 1 is 1.38 bits per heavy atom. The Labute approximate surface area is 156 Å². The Kier molecular flexibility index (Phi) is 5.70. The summed E-state index contributed by atoms with van der Waals surface area (Å²) in [6, 6.07) is 0. The number of fused-ring (bicyclic) bond motifs is 1. The zero-order valence-corrected chi connectivity index (χ0v) is 16.3. The molecule has 3 heterocycles. The van der Waals surface area contributed by atoms with E-state index in [1.807, 2.05) is 19.2 Å². The van der Waals surface area contributed by atoms with Crippen molar-refractivity contribution >= 4 is 62.2 Å². The largest absolute Gasteiger partial charge is 0.355 e. The van der Waals surface area contributed by atoms with Crippen LogP contribution in [-0.2, 0) is 11.2 Å². The highest BCUT2D eigenvalue weighted by molar-refractivity contribution is 8.00. The van der Waals surface area contributed by atoms with Gasteiger partial charge < -0.3 is 5.32 Å². The van der Waals surface area contributed by atoms with E-state index in [1.54, 1.807) is 11.3 Å². The molecule has 0 saturated carbocycles. The number of carbonyl (C=O) groups is 1. The molecule has 0 unspecified atom stereocenters.